The van der Waals surface area contributed by atoms with Crippen molar-refractivity contribution < 1.29 is 9.15 Å². The van der Waals surface area contributed by atoms with Crippen molar-refractivity contribution in [3.8, 4) is 5.75 Å². The molecular formula is C21H23NO3. The van der Waals surface area contributed by atoms with Crippen molar-refractivity contribution in [2.45, 2.75) is 25.7 Å². The minimum atomic E-state index is 0.00835. The van der Waals surface area contributed by atoms with Gasteiger partial charge in [-0.05, 0) is 69.6 Å². The SMILES string of the molecule is O=c1c2ccccc2oc2cc(OCCCCN3CCCC3)ccc12. The molecule has 0 atom stereocenters. The van der Waals surface area contributed by atoms with Crippen molar-refractivity contribution in [1.82, 2.24) is 4.90 Å². The zero-order valence-electron chi connectivity index (χ0n) is 14.4. The van der Waals surface area contributed by atoms with Gasteiger partial charge in [0.1, 0.15) is 16.9 Å². The van der Waals surface area contributed by atoms with E-state index in [0.29, 0.717) is 28.5 Å². The van der Waals surface area contributed by atoms with E-state index in [-0.39, 0.29) is 5.43 Å². The van der Waals surface area contributed by atoms with Crippen LogP contribution in [-0.4, -0.2) is 31.1 Å². The average molecular weight is 337 g/mol. The molecule has 130 valence electrons. The van der Waals surface area contributed by atoms with E-state index >= 15 is 0 Å². The summed E-state index contributed by atoms with van der Waals surface area (Å²) in [5.74, 6) is 0.757. The molecule has 1 aromatic heterocycles. The van der Waals surface area contributed by atoms with Crippen LogP contribution in [0.15, 0.2) is 51.7 Å². The van der Waals surface area contributed by atoms with Gasteiger partial charge in [0.25, 0.3) is 0 Å². The number of benzene rings is 2. The summed E-state index contributed by atoms with van der Waals surface area (Å²) in [4.78, 5) is 15.0. The van der Waals surface area contributed by atoms with Gasteiger partial charge in [0, 0.05) is 6.07 Å². The predicted molar refractivity (Wildman–Crippen MR) is 100 cm³/mol. The highest BCUT2D eigenvalue weighted by atomic mass is 16.5. The number of ether oxygens (including phenoxy) is 1. The third kappa shape index (κ3) is 3.54. The van der Waals surface area contributed by atoms with Crippen molar-refractivity contribution in [2.75, 3.05) is 26.2 Å². The van der Waals surface area contributed by atoms with Crippen molar-refractivity contribution in [3.05, 3.63) is 52.7 Å². The third-order valence-corrected chi connectivity index (χ3v) is 4.89. The highest BCUT2D eigenvalue weighted by Gasteiger charge is 2.10. The summed E-state index contributed by atoms with van der Waals surface area (Å²) < 4.78 is 11.7. The van der Waals surface area contributed by atoms with Gasteiger partial charge in [0.2, 0.25) is 5.43 Å². The lowest BCUT2D eigenvalue weighted by Crippen LogP contribution is -2.20. The molecule has 0 saturated carbocycles. The molecule has 0 radical (unpaired) electrons. The van der Waals surface area contributed by atoms with Crippen LogP contribution in [0.1, 0.15) is 25.7 Å². The minimum absolute atomic E-state index is 0.00835. The molecule has 25 heavy (non-hydrogen) atoms. The number of fused-ring (bicyclic) bond motifs is 2. The molecule has 1 aliphatic heterocycles. The van der Waals surface area contributed by atoms with Gasteiger partial charge in [0.15, 0.2) is 0 Å². The quantitative estimate of drug-likeness (QED) is 0.499. The number of hydrogen-bond acceptors (Lipinski definition) is 4. The van der Waals surface area contributed by atoms with Gasteiger partial charge in [-0.3, -0.25) is 4.79 Å². The number of hydrogen-bond donors (Lipinski definition) is 0. The van der Waals surface area contributed by atoms with Crippen LogP contribution in [0.5, 0.6) is 5.75 Å². The molecule has 4 nitrogen and oxygen atoms in total. The molecular weight excluding hydrogens is 314 g/mol. The molecule has 0 unspecified atom stereocenters. The fourth-order valence-corrected chi connectivity index (χ4v) is 3.50. The second-order valence-electron chi connectivity index (χ2n) is 6.69. The lowest BCUT2D eigenvalue weighted by atomic mass is 10.1. The topological polar surface area (TPSA) is 42.7 Å². The fraction of sp³-hybridized carbons (Fsp3) is 0.381. The summed E-state index contributed by atoms with van der Waals surface area (Å²) in [6.45, 7) is 4.36. The number of para-hydroxylation sites is 1. The molecule has 4 heteroatoms. The first-order valence-corrected chi connectivity index (χ1v) is 9.12. The van der Waals surface area contributed by atoms with Crippen molar-refractivity contribution in [2.24, 2.45) is 0 Å². The maximum absolute atomic E-state index is 12.5. The Kier molecular flexibility index (Phi) is 4.70. The van der Waals surface area contributed by atoms with Crippen molar-refractivity contribution in [1.29, 1.82) is 0 Å². The van der Waals surface area contributed by atoms with E-state index in [1.54, 1.807) is 12.1 Å². The Morgan fingerprint density at radius 3 is 2.64 bits per heavy atom. The Morgan fingerprint density at radius 1 is 0.960 bits per heavy atom. The fourth-order valence-electron chi connectivity index (χ4n) is 3.50. The molecule has 3 aromatic rings. The van der Waals surface area contributed by atoms with Gasteiger partial charge < -0.3 is 14.1 Å². The van der Waals surface area contributed by atoms with Crippen LogP contribution in [0.3, 0.4) is 0 Å². The van der Waals surface area contributed by atoms with Crippen molar-refractivity contribution in [3.63, 3.8) is 0 Å². The Morgan fingerprint density at radius 2 is 1.76 bits per heavy atom. The normalized spacial score (nSPS) is 15.2. The molecule has 0 amide bonds. The summed E-state index contributed by atoms with van der Waals surface area (Å²) in [7, 11) is 0. The first-order chi connectivity index (χ1) is 12.3. The Labute approximate surface area is 147 Å². The Hall–Kier alpha value is -2.33. The zero-order valence-corrected chi connectivity index (χ0v) is 14.4. The molecule has 1 fully saturated rings. The monoisotopic (exact) mass is 337 g/mol. The van der Waals surface area contributed by atoms with Crippen LogP contribution >= 0.6 is 0 Å². The molecule has 0 spiro atoms. The largest absolute Gasteiger partial charge is 0.493 e. The van der Waals surface area contributed by atoms with Gasteiger partial charge in [-0.25, -0.2) is 0 Å². The number of unbranched alkanes of at least 4 members (excludes halogenated alkanes) is 1. The van der Waals surface area contributed by atoms with E-state index in [2.05, 4.69) is 4.90 Å². The van der Waals surface area contributed by atoms with E-state index in [4.69, 9.17) is 9.15 Å². The molecule has 0 bridgehead atoms. The lowest BCUT2D eigenvalue weighted by Gasteiger charge is -2.14. The summed E-state index contributed by atoms with van der Waals surface area (Å²) in [5.41, 5.74) is 1.20. The van der Waals surface area contributed by atoms with Crippen LogP contribution in [0.2, 0.25) is 0 Å². The first kappa shape index (κ1) is 16.2. The molecule has 1 aliphatic rings. The molecule has 2 heterocycles. The predicted octanol–water partition coefficient (Wildman–Crippen LogP) is 4.20. The smallest absolute Gasteiger partial charge is 0.200 e. The summed E-state index contributed by atoms with van der Waals surface area (Å²) in [6, 6.07) is 12.8. The van der Waals surface area contributed by atoms with Gasteiger partial charge in [-0.2, -0.15) is 0 Å². The maximum atomic E-state index is 12.5. The standard InChI is InChI=1S/C21H23NO3/c23-21-17-7-1-2-8-19(17)25-20-15-16(9-10-18(20)21)24-14-6-5-13-22-11-3-4-12-22/h1-2,7-10,15H,3-6,11-14H2. The van der Waals surface area contributed by atoms with E-state index in [0.717, 1.165) is 18.6 Å². The summed E-state index contributed by atoms with van der Waals surface area (Å²) >= 11 is 0. The van der Waals surface area contributed by atoms with Gasteiger partial charge in [0.05, 0.1) is 17.4 Å². The van der Waals surface area contributed by atoms with Crippen LogP contribution in [0.4, 0.5) is 0 Å². The van der Waals surface area contributed by atoms with E-state index in [1.165, 1.54) is 32.5 Å². The summed E-state index contributed by atoms with van der Waals surface area (Å²) in [5, 5.41) is 1.21. The maximum Gasteiger partial charge on any atom is 0.200 e. The molecule has 2 aromatic carbocycles. The number of rotatable bonds is 6. The first-order valence-electron chi connectivity index (χ1n) is 9.12. The van der Waals surface area contributed by atoms with Crippen LogP contribution in [0.25, 0.3) is 21.9 Å². The molecule has 0 aliphatic carbocycles. The Balaban J connectivity index is 1.42. The second-order valence-corrected chi connectivity index (χ2v) is 6.69. The van der Waals surface area contributed by atoms with E-state index in [9.17, 15) is 4.79 Å². The molecule has 0 N–H and O–H groups in total. The summed E-state index contributed by atoms with van der Waals surface area (Å²) in [6.07, 6.45) is 4.88. The highest BCUT2D eigenvalue weighted by Crippen LogP contribution is 2.23. The third-order valence-electron chi connectivity index (χ3n) is 4.89. The molecule has 4 rings (SSSR count). The van der Waals surface area contributed by atoms with E-state index in [1.807, 2.05) is 30.3 Å². The van der Waals surface area contributed by atoms with Gasteiger partial charge >= 0.3 is 0 Å². The number of likely N-dealkylation sites (tertiary alicyclic amines) is 1. The van der Waals surface area contributed by atoms with Crippen molar-refractivity contribution >= 4 is 21.9 Å². The zero-order chi connectivity index (χ0) is 17.1. The Bertz CT molecular complexity index is 925. The van der Waals surface area contributed by atoms with Gasteiger partial charge in [-0.1, -0.05) is 12.1 Å². The second kappa shape index (κ2) is 7.28. The molecule has 1 saturated heterocycles. The van der Waals surface area contributed by atoms with Gasteiger partial charge in [-0.15, -0.1) is 0 Å². The number of nitrogens with zero attached hydrogens (tertiary/aromatic N) is 1. The van der Waals surface area contributed by atoms with Crippen LogP contribution < -0.4 is 10.2 Å². The van der Waals surface area contributed by atoms with Crippen LogP contribution in [-0.2, 0) is 0 Å². The lowest BCUT2D eigenvalue weighted by molar-refractivity contribution is 0.280. The minimum Gasteiger partial charge on any atom is -0.493 e. The van der Waals surface area contributed by atoms with Crippen LogP contribution in [0, 0.1) is 0 Å². The van der Waals surface area contributed by atoms with E-state index < -0.39 is 0 Å². The highest BCUT2D eigenvalue weighted by molar-refractivity contribution is 5.90. The average Bonchev–Trinajstić information content (AvgIpc) is 3.15.